The van der Waals surface area contributed by atoms with E-state index in [-0.39, 0.29) is 6.61 Å². The zero-order chi connectivity index (χ0) is 14.7. The van der Waals surface area contributed by atoms with Crippen LogP contribution in [0.5, 0.6) is 5.75 Å². The van der Waals surface area contributed by atoms with E-state index >= 15 is 0 Å². The Balaban J connectivity index is 0.000000344. The number of aliphatic hydroxyl groups is 1. The summed E-state index contributed by atoms with van der Waals surface area (Å²) in [5, 5.41) is 8.60. The average molecular weight is 264 g/mol. The molecule has 0 aliphatic heterocycles. The zero-order valence-corrected chi connectivity index (χ0v) is 12.2. The van der Waals surface area contributed by atoms with Crippen molar-refractivity contribution in [2.75, 3.05) is 20.8 Å². The lowest BCUT2D eigenvalue weighted by Crippen LogP contribution is -2.16. The fourth-order valence-electron chi connectivity index (χ4n) is 1.33. The van der Waals surface area contributed by atoms with Crippen molar-refractivity contribution in [3.05, 3.63) is 41.5 Å². The molecule has 0 aromatic heterocycles. The van der Waals surface area contributed by atoms with E-state index in [1.54, 1.807) is 20.2 Å². The van der Waals surface area contributed by atoms with Gasteiger partial charge in [0.05, 0.1) is 13.7 Å². The molecule has 0 fully saturated rings. The van der Waals surface area contributed by atoms with E-state index in [1.807, 2.05) is 19.1 Å². The van der Waals surface area contributed by atoms with Crippen LogP contribution in [0.4, 0.5) is 0 Å². The molecule has 4 nitrogen and oxygen atoms in total. The zero-order valence-electron chi connectivity index (χ0n) is 12.2. The molecule has 0 saturated carbocycles. The molecule has 4 heteroatoms. The van der Waals surface area contributed by atoms with Crippen LogP contribution in [0, 0.1) is 0 Å². The Morgan fingerprint density at radius 3 is 2.21 bits per heavy atom. The van der Waals surface area contributed by atoms with Gasteiger partial charge in [0.25, 0.3) is 0 Å². The van der Waals surface area contributed by atoms with E-state index in [9.17, 15) is 0 Å². The molecule has 0 aliphatic carbocycles. The minimum absolute atomic E-state index is 0.0420. The number of nitrogens with zero attached hydrogens (tertiary/aromatic N) is 1. The number of benzene rings is 1. The van der Waals surface area contributed by atoms with Crippen LogP contribution >= 0.6 is 0 Å². The molecule has 0 atom stereocenters. The third kappa shape index (κ3) is 6.62. The number of aryl methyl sites for hydroxylation is 1. The van der Waals surface area contributed by atoms with E-state index in [2.05, 4.69) is 24.0 Å². The van der Waals surface area contributed by atoms with Crippen molar-refractivity contribution in [3.8, 4) is 5.75 Å². The van der Waals surface area contributed by atoms with Gasteiger partial charge in [0.15, 0.2) is 0 Å². The summed E-state index contributed by atoms with van der Waals surface area (Å²) in [7, 11) is 3.27. The summed E-state index contributed by atoms with van der Waals surface area (Å²) < 4.78 is 5.01. The van der Waals surface area contributed by atoms with Crippen molar-refractivity contribution in [1.29, 1.82) is 0 Å². The first-order chi connectivity index (χ1) is 9.12. The average Bonchev–Trinajstić information content (AvgIpc) is 2.49. The van der Waals surface area contributed by atoms with E-state index in [0.717, 1.165) is 12.2 Å². The summed E-state index contributed by atoms with van der Waals surface area (Å²) in [6, 6.07) is 8.13. The number of aliphatic hydroxyl groups excluding tert-OH is 1. The minimum Gasteiger partial charge on any atom is -0.497 e. The second-order valence-electron chi connectivity index (χ2n) is 3.78. The molecule has 19 heavy (non-hydrogen) atoms. The van der Waals surface area contributed by atoms with Crippen LogP contribution in [0.3, 0.4) is 0 Å². The topological polar surface area (TPSA) is 67.8 Å². The lowest BCUT2D eigenvalue weighted by atomic mass is 10.2. The molecule has 0 unspecified atom stereocenters. The number of amidine groups is 1. The van der Waals surface area contributed by atoms with Crippen LogP contribution in [0.15, 0.2) is 40.9 Å². The third-order valence-electron chi connectivity index (χ3n) is 2.66. The second-order valence-corrected chi connectivity index (χ2v) is 3.78. The van der Waals surface area contributed by atoms with Gasteiger partial charge in [0.1, 0.15) is 11.6 Å². The minimum atomic E-state index is -0.0420. The molecule has 0 spiro atoms. The molecule has 0 saturated heterocycles. The number of allylic oxidation sites excluding steroid dienone is 1. The Morgan fingerprint density at radius 1 is 1.37 bits per heavy atom. The highest BCUT2D eigenvalue weighted by Crippen LogP contribution is 2.10. The van der Waals surface area contributed by atoms with E-state index < -0.39 is 0 Å². The van der Waals surface area contributed by atoms with Crippen LogP contribution in [-0.2, 0) is 6.42 Å². The van der Waals surface area contributed by atoms with E-state index in [0.29, 0.717) is 11.4 Å². The molecule has 1 rings (SSSR count). The Morgan fingerprint density at radius 2 is 1.95 bits per heavy atom. The summed E-state index contributed by atoms with van der Waals surface area (Å²) >= 11 is 0. The molecular weight excluding hydrogens is 240 g/mol. The molecular formula is C15H24N2O2. The van der Waals surface area contributed by atoms with Crippen LogP contribution in [0.25, 0.3) is 0 Å². The summed E-state index contributed by atoms with van der Waals surface area (Å²) in [4.78, 5) is 3.70. The predicted octanol–water partition coefficient (Wildman–Crippen LogP) is 2.17. The molecule has 0 amide bonds. The fraction of sp³-hybridized carbons (Fsp3) is 0.400. The van der Waals surface area contributed by atoms with Gasteiger partial charge >= 0.3 is 0 Å². The van der Waals surface area contributed by atoms with Crippen molar-refractivity contribution >= 4 is 5.84 Å². The maximum atomic E-state index is 8.60. The third-order valence-corrected chi connectivity index (χ3v) is 2.66. The van der Waals surface area contributed by atoms with Gasteiger partial charge in [-0.3, -0.25) is 4.99 Å². The van der Waals surface area contributed by atoms with Crippen LogP contribution < -0.4 is 10.5 Å². The second kappa shape index (κ2) is 10.1. The van der Waals surface area contributed by atoms with E-state index in [1.165, 1.54) is 5.56 Å². The van der Waals surface area contributed by atoms with Gasteiger partial charge in [-0.25, -0.2) is 0 Å². The summed E-state index contributed by atoms with van der Waals surface area (Å²) in [6.45, 7) is 3.91. The normalized spacial score (nSPS) is 11.6. The van der Waals surface area contributed by atoms with Crippen molar-refractivity contribution in [2.45, 2.75) is 20.3 Å². The number of hydrogen-bond acceptors (Lipinski definition) is 3. The van der Waals surface area contributed by atoms with Crippen molar-refractivity contribution in [1.82, 2.24) is 0 Å². The lowest BCUT2D eigenvalue weighted by molar-refractivity contribution is 0.336. The molecule has 1 aromatic rings. The van der Waals surface area contributed by atoms with E-state index in [4.69, 9.17) is 15.6 Å². The summed E-state index contributed by atoms with van der Waals surface area (Å²) in [5.74, 6) is 1.33. The maximum absolute atomic E-state index is 8.60. The predicted molar refractivity (Wildman–Crippen MR) is 80.8 cm³/mol. The molecule has 0 bridgehead atoms. The van der Waals surface area contributed by atoms with Gasteiger partial charge < -0.3 is 15.6 Å². The first-order valence-electron chi connectivity index (χ1n) is 6.24. The van der Waals surface area contributed by atoms with Crippen molar-refractivity contribution in [3.63, 3.8) is 0 Å². The highest BCUT2D eigenvalue weighted by molar-refractivity contribution is 5.96. The fourth-order valence-corrected chi connectivity index (χ4v) is 1.33. The molecule has 0 heterocycles. The van der Waals surface area contributed by atoms with Crippen molar-refractivity contribution in [2.24, 2.45) is 10.7 Å². The molecule has 1 aromatic carbocycles. The monoisotopic (exact) mass is 264 g/mol. The smallest absolute Gasteiger partial charge is 0.123 e. The van der Waals surface area contributed by atoms with Gasteiger partial charge in [0.2, 0.25) is 0 Å². The first kappa shape index (κ1) is 17.2. The lowest BCUT2D eigenvalue weighted by Gasteiger charge is -1.99. The molecule has 106 valence electrons. The largest absolute Gasteiger partial charge is 0.497 e. The van der Waals surface area contributed by atoms with Gasteiger partial charge in [-0.2, -0.15) is 0 Å². The van der Waals surface area contributed by atoms with Gasteiger partial charge in [-0.15, -0.1) is 0 Å². The highest BCUT2D eigenvalue weighted by atomic mass is 16.5. The number of rotatable bonds is 4. The van der Waals surface area contributed by atoms with Crippen LogP contribution in [0.1, 0.15) is 19.4 Å². The number of ether oxygens (including phenoxy) is 1. The molecule has 3 N–H and O–H groups in total. The maximum Gasteiger partial charge on any atom is 0.123 e. The Labute approximate surface area is 115 Å². The van der Waals surface area contributed by atoms with Gasteiger partial charge in [-0.1, -0.05) is 25.1 Å². The van der Waals surface area contributed by atoms with Gasteiger partial charge in [0, 0.05) is 12.6 Å². The van der Waals surface area contributed by atoms with Crippen LogP contribution in [0.2, 0.25) is 0 Å². The quantitative estimate of drug-likeness (QED) is 0.647. The highest BCUT2D eigenvalue weighted by Gasteiger charge is 1.95. The Bertz CT molecular complexity index is 386. The number of methoxy groups -OCH3 is 1. The Kier molecular flexibility index (Phi) is 9.18. The van der Waals surface area contributed by atoms with Crippen LogP contribution in [-0.4, -0.2) is 31.7 Å². The summed E-state index contributed by atoms with van der Waals surface area (Å²) in [6.07, 6.45) is 2.83. The molecule has 0 radical (unpaired) electrons. The summed E-state index contributed by atoms with van der Waals surface area (Å²) in [5.41, 5.74) is 7.39. The van der Waals surface area contributed by atoms with Gasteiger partial charge in [-0.05, 0) is 31.0 Å². The number of aliphatic imine (C=N–C) groups is 1. The number of nitrogens with two attached hydrogens (primary N) is 1. The first-order valence-corrected chi connectivity index (χ1v) is 6.24. The standard InChI is InChI=1S/C9H12O.C6H12N2O/c1-3-8-4-6-9(10-2)7-5-8;1-3-5(4-9)6(7)8-2/h4-7H,3H2,1-2H3;3,9H,4H2,1-2H3,(H2,7,8)/b;5-3-. The van der Waals surface area contributed by atoms with Crippen molar-refractivity contribution < 1.29 is 9.84 Å². The SMILES string of the molecule is C/C=C(/CO)C(N)=NC.CCc1ccc(OC)cc1. The number of hydrogen-bond donors (Lipinski definition) is 2. The Hall–Kier alpha value is -1.81. The molecule has 0 aliphatic rings.